The smallest absolute Gasteiger partial charge is 0.199 e. The lowest BCUT2D eigenvalue weighted by molar-refractivity contribution is -0.362. The molecule has 3 N–H and O–H groups in total. The van der Waals surface area contributed by atoms with Crippen LogP contribution in [-0.4, -0.2) is 5.26 Å². The summed E-state index contributed by atoms with van der Waals surface area (Å²) in [6.45, 7) is 4.07. The third kappa shape index (κ3) is 1.97. The molecule has 1 heterocycles. The van der Waals surface area contributed by atoms with Gasteiger partial charge in [-0.25, -0.2) is 21.0 Å². The number of hydrogen-bond donors (Lipinski definition) is 3. The highest BCUT2D eigenvalue weighted by Gasteiger charge is 2.65. The Kier molecular flexibility index (Phi) is 3.87. The molecule has 0 bridgehead atoms. The monoisotopic (exact) mass is 362 g/mol. The maximum absolute atomic E-state index is 9.76. The van der Waals surface area contributed by atoms with Gasteiger partial charge in [-0.1, -0.05) is 90.4 Å². The van der Waals surface area contributed by atoms with Gasteiger partial charge in [-0.05, 0) is 5.56 Å². The largest absolute Gasteiger partial charge is 0.249 e. The van der Waals surface area contributed by atoms with Gasteiger partial charge in [0.05, 0.1) is 0 Å². The van der Waals surface area contributed by atoms with Crippen LogP contribution in [0.4, 0.5) is 0 Å². The maximum atomic E-state index is 9.76. The molecular weight excluding hydrogens is 344 g/mol. The summed E-state index contributed by atoms with van der Waals surface area (Å²) in [5.74, 6) is 0. The van der Waals surface area contributed by atoms with Crippen molar-refractivity contribution in [1.82, 2.24) is 10.9 Å². The Labute approximate surface area is 138 Å². The van der Waals surface area contributed by atoms with Crippen LogP contribution in [0.5, 0.6) is 0 Å². The van der Waals surface area contributed by atoms with Crippen LogP contribution in [0.1, 0.15) is 25.0 Å². The second kappa shape index (κ2) is 5.44. The topological polar surface area (TPSA) is 53.5 Å². The van der Waals surface area contributed by atoms with Crippen LogP contribution in [0, 0.1) is 5.41 Å². The van der Waals surface area contributed by atoms with Crippen molar-refractivity contribution >= 4 is 15.9 Å². The van der Waals surface area contributed by atoms with Crippen LogP contribution >= 0.6 is 15.9 Å². The lowest BCUT2D eigenvalue weighted by Crippen LogP contribution is -2.51. The highest BCUT2D eigenvalue weighted by Crippen LogP contribution is 2.58. The van der Waals surface area contributed by atoms with E-state index in [0.29, 0.717) is 0 Å². The van der Waals surface area contributed by atoms with E-state index in [-0.39, 0.29) is 0 Å². The first-order chi connectivity index (χ1) is 10.5. The lowest BCUT2D eigenvalue weighted by atomic mass is 9.71. The van der Waals surface area contributed by atoms with E-state index in [2.05, 4.69) is 26.8 Å². The molecule has 0 saturated carbocycles. The average molecular weight is 363 g/mol. The second-order valence-corrected chi connectivity index (χ2v) is 7.23. The van der Waals surface area contributed by atoms with Gasteiger partial charge in [-0.2, -0.15) is 0 Å². The zero-order chi connectivity index (χ0) is 15.8. The molecule has 22 heavy (non-hydrogen) atoms. The van der Waals surface area contributed by atoms with E-state index in [1.54, 1.807) is 0 Å². The van der Waals surface area contributed by atoms with Crippen LogP contribution < -0.4 is 10.9 Å². The molecule has 2 aromatic carbocycles. The molecular formula is C17H19BrN2O2. The Morgan fingerprint density at radius 3 is 1.86 bits per heavy atom. The number of hydrazine groups is 1. The van der Waals surface area contributed by atoms with Crippen LogP contribution in [0.15, 0.2) is 60.7 Å². The van der Waals surface area contributed by atoms with E-state index >= 15 is 0 Å². The normalized spacial score (nSPS) is 30.4. The predicted molar refractivity (Wildman–Crippen MR) is 88.9 cm³/mol. The molecule has 2 unspecified atom stereocenters. The summed E-state index contributed by atoms with van der Waals surface area (Å²) < 4.78 is -0.611. The Morgan fingerprint density at radius 2 is 1.36 bits per heavy atom. The molecule has 116 valence electrons. The SMILES string of the molecule is CC1(C)C(Br)(c2ccccc2)NNC1(OO)c1ccccc1. The third-order valence-electron chi connectivity index (χ3n) is 4.64. The summed E-state index contributed by atoms with van der Waals surface area (Å²) in [6, 6.07) is 19.6. The fourth-order valence-electron chi connectivity index (χ4n) is 3.13. The van der Waals surface area contributed by atoms with E-state index < -0.39 is 15.6 Å². The molecule has 4 nitrogen and oxygen atoms in total. The molecule has 0 radical (unpaired) electrons. The van der Waals surface area contributed by atoms with Crippen molar-refractivity contribution < 1.29 is 10.1 Å². The Balaban J connectivity index is 2.14. The summed E-state index contributed by atoms with van der Waals surface area (Å²) in [7, 11) is 0. The molecule has 2 atom stereocenters. The van der Waals surface area contributed by atoms with Gasteiger partial charge in [0.2, 0.25) is 0 Å². The molecule has 1 aliphatic heterocycles. The summed E-state index contributed by atoms with van der Waals surface area (Å²) in [5, 5.41) is 9.76. The van der Waals surface area contributed by atoms with Gasteiger partial charge in [0.15, 0.2) is 5.72 Å². The number of benzene rings is 2. The average Bonchev–Trinajstić information content (AvgIpc) is 2.78. The number of rotatable bonds is 3. The fourth-order valence-corrected chi connectivity index (χ4v) is 3.77. The van der Waals surface area contributed by atoms with E-state index in [1.165, 1.54) is 0 Å². The van der Waals surface area contributed by atoms with Gasteiger partial charge >= 0.3 is 0 Å². The minimum absolute atomic E-state index is 0.558. The number of halogens is 1. The van der Waals surface area contributed by atoms with Crippen molar-refractivity contribution in [2.75, 3.05) is 0 Å². The van der Waals surface area contributed by atoms with Gasteiger partial charge in [0.1, 0.15) is 4.45 Å². The van der Waals surface area contributed by atoms with Crippen molar-refractivity contribution in [3.8, 4) is 0 Å². The summed E-state index contributed by atoms with van der Waals surface area (Å²) in [5.41, 5.74) is 6.64. The molecule has 0 amide bonds. The standard InChI is InChI=1S/C17H19BrN2O2/c1-15(2)16(18,13-9-5-3-6-10-13)19-20-17(15,22-21)14-11-7-4-8-12-14/h3-12,19-21H,1-2H3. The van der Waals surface area contributed by atoms with Crippen LogP contribution in [-0.2, 0) is 15.1 Å². The van der Waals surface area contributed by atoms with Gasteiger partial charge in [0, 0.05) is 11.0 Å². The molecule has 0 spiro atoms. The summed E-state index contributed by atoms with van der Waals surface area (Å²) >= 11 is 3.82. The lowest BCUT2D eigenvalue weighted by Gasteiger charge is -2.43. The molecule has 1 aliphatic rings. The number of nitrogens with one attached hydrogen (secondary N) is 2. The highest BCUT2D eigenvalue weighted by atomic mass is 79.9. The van der Waals surface area contributed by atoms with Crippen molar-refractivity contribution in [2.45, 2.75) is 24.0 Å². The molecule has 3 rings (SSSR count). The molecule has 5 heteroatoms. The predicted octanol–water partition coefficient (Wildman–Crippen LogP) is 3.71. The fraction of sp³-hybridized carbons (Fsp3) is 0.294. The highest BCUT2D eigenvalue weighted by molar-refractivity contribution is 9.09. The molecule has 0 aliphatic carbocycles. The van der Waals surface area contributed by atoms with Crippen LogP contribution in [0.2, 0.25) is 0 Å². The third-order valence-corrected chi connectivity index (χ3v) is 6.29. The first-order valence-electron chi connectivity index (χ1n) is 7.15. The first-order valence-corrected chi connectivity index (χ1v) is 7.94. The van der Waals surface area contributed by atoms with Crippen molar-refractivity contribution in [3.05, 3.63) is 71.8 Å². The minimum atomic E-state index is -1.09. The van der Waals surface area contributed by atoms with Crippen molar-refractivity contribution in [3.63, 3.8) is 0 Å². The molecule has 2 aromatic rings. The van der Waals surface area contributed by atoms with E-state index in [9.17, 15) is 5.26 Å². The van der Waals surface area contributed by atoms with Crippen LogP contribution in [0.3, 0.4) is 0 Å². The Hall–Kier alpha value is -1.24. The summed E-state index contributed by atoms with van der Waals surface area (Å²) in [4.78, 5) is 5.01. The van der Waals surface area contributed by atoms with Crippen molar-refractivity contribution in [1.29, 1.82) is 0 Å². The Bertz CT molecular complexity index is 650. The van der Waals surface area contributed by atoms with Crippen LogP contribution in [0.25, 0.3) is 0 Å². The van der Waals surface area contributed by atoms with Gasteiger partial charge in [-0.15, -0.1) is 0 Å². The van der Waals surface area contributed by atoms with E-state index in [0.717, 1.165) is 11.1 Å². The van der Waals surface area contributed by atoms with E-state index in [1.807, 2.05) is 74.5 Å². The van der Waals surface area contributed by atoms with E-state index in [4.69, 9.17) is 4.89 Å². The summed E-state index contributed by atoms with van der Waals surface area (Å²) in [6.07, 6.45) is 0. The Morgan fingerprint density at radius 1 is 0.864 bits per heavy atom. The van der Waals surface area contributed by atoms with Gasteiger partial charge < -0.3 is 0 Å². The zero-order valence-electron chi connectivity index (χ0n) is 12.5. The number of hydrogen-bond acceptors (Lipinski definition) is 4. The quantitative estimate of drug-likeness (QED) is 0.337. The molecule has 1 saturated heterocycles. The van der Waals surface area contributed by atoms with Gasteiger partial charge in [0.25, 0.3) is 0 Å². The zero-order valence-corrected chi connectivity index (χ0v) is 14.1. The molecule has 1 fully saturated rings. The number of alkyl halides is 1. The van der Waals surface area contributed by atoms with Gasteiger partial charge in [-0.3, -0.25) is 0 Å². The van der Waals surface area contributed by atoms with Crippen molar-refractivity contribution in [2.24, 2.45) is 5.41 Å². The maximum Gasteiger partial charge on any atom is 0.199 e. The molecule has 0 aromatic heterocycles. The minimum Gasteiger partial charge on any atom is -0.249 e. The first kappa shape index (κ1) is 15.6. The second-order valence-electron chi connectivity index (χ2n) is 6.04.